The van der Waals surface area contributed by atoms with Gasteiger partial charge < -0.3 is 5.73 Å². The van der Waals surface area contributed by atoms with Crippen molar-refractivity contribution in [1.29, 1.82) is 0 Å². The van der Waals surface area contributed by atoms with Crippen LogP contribution in [-0.4, -0.2) is 16.2 Å². The number of fused-ring (bicyclic) bond motifs is 1. The Kier molecular flexibility index (Phi) is 2.37. The van der Waals surface area contributed by atoms with Crippen LogP contribution in [0.2, 0.25) is 0 Å². The maximum absolute atomic E-state index is 6.35. The summed E-state index contributed by atoms with van der Waals surface area (Å²) in [4.78, 5) is 4.30. The Balaban J connectivity index is 0.000000845. The third-order valence-corrected chi connectivity index (χ3v) is 4.19. The summed E-state index contributed by atoms with van der Waals surface area (Å²) in [5.41, 5.74) is 5.65. The maximum atomic E-state index is 6.35. The van der Waals surface area contributed by atoms with E-state index in [0.717, 1.165) is 12.3 Å². The number of amidine groups is 1. The van der Waals surface area contributed by atoms with Gasteiger partial charge in [0.15, 0.2) is 0 Å². The zero-order valence-corrected chi connectivity index (χ0v) is 9.75. The molecule has 0 aromatic rings. The molecule has 0 aromatic heterocycles. The first-order valence-electron chi connectivity index (χ1n) is 4.42. The number of halogens is 2. The Morgan fingerprint density at radius 3 is 2.54 bits per heavy atom. The van der Waals surface area contributed by atoms with Crippen LogP contribution in [0.4, 0.5) is 0 Å². The second-order valence-electron chi connectivity index (χ2n) is 4.49. The summed E-state index contributed by atoms with van der Waals surface area (Å²) in [7, 11) is 0. The molecule has 1 aliphatic carbocycles. The van der Waals surface area contributed by atoms with Gasteiger partial charge in [-0.2, -0.15) is 0 Å². The number of nitrogens with zero attached hydrogens (tertiary/aromatic N) is 1. The minimum atomic E-state index is -0.159. The highest BCUT2D eigenvalue weighted by molar-refractivity contribution is 6.28. The molecule has 1 heterocycles. The SMILES string of the molecule is CC1CC(N)=N[C@@]2(C)[C@H]1C2(C)Cl.Cl. The summed E-state index contributed by atoms with van der Waals surface area (Å²) < 4.78 is 0. The highest BCUT2D eigenvalue weighted by Gasteiger charge is 2.73. The molecule has 0 saturated heterocycles. The van der Waals surface area contributed by atoms with E-state index in [-0.39, 0.29) is 22.8 Å². The van der Waals surface area contributed by atoms with Crippen LogP contribution in [0.1, 0.15) is 27.2 Å². The monoisotopic (exact) mass is 222 g/mol. The molecule has 2 rings (SSSR count). The zero-order chi connectivity index (χ0) is 9.15. The average Bonchev–Trinajstić information content (AvgIpc) is 2.24. The van der Waals surface area contributed by atoms with Crippen molar-refractivity contribution < 1.29 is 0 Å². The number of alkyl halides is 1. The van der Waals surface area contributed by atoms with Crippen molar-refractivity contribution in [3.05, 3.63) is 0 Å². The summed E-state index contributed by atoms with van der Waals surface area (Å²) in [6.45, 7) is 6.38. The van der Waals surface area contributed by atoms with E-state index in [0.29, 0.717) is 11.8 Å². The molecule has 0 spiro atoms. The highest BCUT2D eigenvalue weighted by Crippen LogP contribution is 2.66. The van der Waals surface area contributed by atoms with Crippen molar-refractivity contribution in [2.24, 2.45) is 22.6 Å². The fraction of sp³-hybridized carbons (Fsp3) is 0.889. The van der Waals surface area contributed by atoms with Crippen molar-refractivity contribution in [2.45, 2.75) is 37.6 Å². The molecule has 1 saturated carbocycles. The van der Waals surface area contributed by atoms with Crippen LogP contribution in [-0.2, 0) is 0 Å². The quantitative estimate of drug-likeness (QED) is 0.628. The van der Waals surface area contributed by atoms with E-state index in [4.69, 9.17) is 17.3 Å². The van der Waals surface area contributed by atoms with Crippen LogP contribution in [0.15, 0.2) is 4.99 Å². The molecule has 0 bridgehead atoms. The van der Waals surface area contributed by atoms with Crippen LogP contribution < -0.4 is 5.73 Å². The van der Waals surface area contributed by atoms with Crippen LogP contribution in [0.5, 0.6) is 0 Å². The van der Waals surface area contributed by atoms with Gasteiger partial charge in [0.2, 0.25) is 0 Å². The number of aliphatic imine (C=N–C) groups is 1. The van der Waals surface area contributed by atoms with Crippen LogP contribution in [0.25, 0.3) is 0 Å². The predicted octanol–water partition coefficient (Wildman–Crippen LogP) is 2.19. The molecule has 2 aliphatic rings. The van der Waals surface area contributed by atoms with Crippen molar-refractivity contribution in [1.82, 2.24) is 0 Å². The first-order valence-corrected chi connectivity index (χ1v) is 4.80. The van der Waals surface area contributed by atoms with Crippen LogP contribution in [0.3, 0.4) is 0 Å². The van der Waals surface area contributed by atoms with Crippen molar-refractivity contribution in [3.63, 3.8) is 0 Å². The van der Waals surface area contributed by atoms with E-state index in [2.05, 4.69) is 25.8 Å². The Hall–Kier alpha value is 0.0500. The fourth-order valence-electron chi connectivity index (χ4n) is 2.83. The van der Waals surface area contributed by atoms with Gasteiger partial charge in [-0.15, -0.1) is 24.0 Å². The lowest BCUT2D eigenvalue weighted by molar-refractivity contribution is 0.449. The zero-order valence-electron chi connectivity index (χ0n) is 8.17. The number of rotatable bonds is 0. The summed E-state index contributed by atoms with van der Waals surface area (Å²) in [6, 6.07) is 0. The smallest absolute Gasteiger partial charge is 0.0947 e. The van der Waals surface area contributed by atoms with E-state index >= 15 is 0 Å². The van der Waals surface area contributed by atoms with E-state index < -0.39 is 0 Å². The number of hydrogen-bond donors (Lipinski definition) is 1. The molecule has 13 heavy (non-hydrogen) atoms. The lowest BCUT2D eigenvalue weighted by atomic mass is 9.95. The molecule has 2 unspecified atom stereocenters. The van der Waals surface area contributed by atoms with Gasteiger partial charge in [0, 0.05) is 12.3 Å². The van der Waals surface area contributed by atoms with Gasteiger partial charge in [0.1, 0.15) is 0 Å². The Morgan fingerprint density at radius 1 is 1.54 bits per heavy atom. The molecule has 4 heteroatoms. The molecular weight excluding hydrogens is 207 g/mol. The van der Waals surface area contributed by atoms with E-state index in [9.17, 15) is 0 Å². The topological polar surface area (TPSA) is 38.4 Å². The minimum absolute atomic E-state index is 0. The molecule has 1 fully saturated rings. The summed E-state index contributed by atoms with van der Waals surface area (Å²) in [6.07, 6.45) is 0.905. The number of hydrogen-bond acceptors (Lipinski definition) is 2. The van der Waals surface area contributed by atoms with Gasteiger partial charge in [-0.25, -0.2) is 0 Å². The molecule has 4 atom stereocenters. The minimum Gasteiger partial charge on any atom is -0.387 e. The summed E-state index contributed by atoms with van der Waals surface area (Å²) in [5, 5.41) is 0. The van der Waals surface area contributed by atoms with E-state index in [1.165, 1.54) is 0 Å². The second kappa shape index (κ2) is 2.77. The average molecular weight is 223 g/mol. The third-order valence-electron chi connectivity index (χ3n) is 3.57. The summed E-state index contributed by atoms with van der Waals surface area (Å²) in [5.74, 6) is 1.86. The van der Waals surface area contributed by atoms with Gasteiger partial charge in [-0.3, -0.25) is 4.99 Å². The Labute approximate surface area is 90.3 Å². The molecule has 2 N–H and O–H groups in total. The van der Waals surface area contributed by atoms with Gasteiger partial charge >= 0.3 is 0 Å². The highest BCUT2D eigenvalue weighted by atomic mass is 35.5. The normalized spacial score (nSPS) is 53.1. The van der Waals surface area contributed by atoms with Crippen LogP contribution >= 0.6 is 24.0 Å². The van der Waals surface area contributed by atoms with Crippen molar-refractivity contribution >= 4 is 29.8 Å². The van der Waals surface area contributed by atoms with Crippen molar-refractivity contribution in [3.8, 4) is 0 Å². The molecular formula is C9H16Cl2N2. The van der Waals surface area contributed by atoms with Gasteiger partial charge in [0.05, 0.1) is 16.2 Å². The molecule has 2 nitrogen and oxygen atoms in total. The summed E-state index contributed by atoms with van der Waals surface area (Å²) >= 11 is 6.35. The first-order chi connectivity index (χ1) is 5.39. The molecule has 76 valence electrons. The molecule has 0 amide bonds. The fourth-order valence-corrected chi connectivity index (χ4v) is 3.37. The molecule has 1 aliphatic heterocycles. The van der Waals surface area contributed by atoms with Crippen LogP contribution in [0, 0.1) is 11.8 Å². The lowest BCUT2D eigenvalue weighted by Gasteiger charge is -2.18. The van der Waals surface area contributed by atoms with E-state index in [1.54, 1.807) is 0 Å². The Bertz CT molecular complexity index is 262. The largest absolute Gasteiger partial charge is 0.387 e. The van der Waals surface area contributed by atoms with Gasteiger partial charge in [-0.05, 0) is 19.8 Å². The lowest BCUT2D eigenvalue weighted by Crippen LogP contribution is -2.26. The Morgan fingerprint density at radius 2 is 2.08 bits per heavy atom. The van der Waals surface area contributed by atoms with Gasteiger partial charge in [-0.1, -0.05) is 6.92 Å². The van der Waals surface area contributed by atoms with E-state index in [1.807, 2.05) is 0 Å². The first kappa shape index (κ1) is 11.1. The molecule has 0 radical (unpaired) electrons. The standard InChI is InChI=1S/C9H15ClN2.ClH/c1-5-4-6(11)12-9(3)7(5)8(9,2)10;/h5,7H,4H2,1-3H3,(H2,11,12);1H/t5?,7-,8?,9+;/m1./s1. The number of nitrogens with two attached hydrogens (primary N) is 1. The van der Waals surface area contributed by atoms with Gasteiger partial charge in [0.25, 0.3) is 0 Å². The van der Waals surface area contributed by atoms with Crippen molar-refractivity contribution in [2.75, 3.05) is 0 Å². The maximum Gasteiger partial charge on any atom is 0.0947 e. The second-order valence-corrected chi connectivity index (χ2v) is 5.27. The third kappa shape index (κ3) is 1.18. The predicted molar refractivity (Wildman–Crippen MR) is 58.8 cm³/mol. The molecule has 0 aromatic carbocycles.